The monoisotopic (exact) mass is 441 g/mol. The molecule has 5 nitrogen and oxygen atoms in total. The summed E-state index contributed by atoms with van der Waals surface area (Å²) in [5.74, 6) is -1.86. The highest BCUT2D eigenvalue weighted by Crippen LogP contribution is 2.36. The zero-order valence-corrected chi connectivity index (χ0v) is 18.2. The Morgan fingerprint density at radius 3 is 2.48 bits per heavy atom. The maximum Gasteiger partial charge on any atom is 0.260 e. The van der Waals surface area contributed by atoms with E-state index in [1.54, 1.807) is 7.11 Å². The Labute approximate surface area is 178 Å². The first-order chi connectivity index (χ1) is 13.3. The van der Waals surface area contributed by atoms with Gasteiger partial charge in [0.25, 0.3) is 5.91 Å². The number of anilines is 1. The molecule has 0 bridgehead atoms. The Kier molecular flexibility index (Phi) is 7.51. The fraction of sp³-hybridized carbons (Fsp3) is 0.300. The van der Waals surface area contributed by atoms with Crippen molar-refractivity contribution in [1.29, 1.82) is 0 Å². The highest BCUT2D eigenvalue weighted by molar-refractivity contribution is 7.22. The van der Waals surface area contributed by atoms with Crippen molar-refractivity contribution < 1.29 is 18.3 Å². The number of aryl methyl sites for hydroxylation is 1. The van der Waals surface area contributed by atoms with E-state index in [1.165, 1.54) is 22.3 Å². The van der Waals surface area contributed by atoms with Gasteiger partial charge in [0.15, 0.2) is 16.8 Å². The van der Waals surface area contributed by atoms with Crippen LogP contribution < -0.4 is 9.64 Å². The summed E-state index contributed by atoms with van der Waals surface area (Å²) in [6, 6.07) is 6.92. The minimum Gasteiger partial charge on any atom is -0.494 e. The second kappa shape index (κ2) is 9.47. The SMILES string of the molecule is COc1ccc(C)c2sc(N(CCN(C)C)C(=O)c3ccc(F)c(F)c3)nc12.Cl. The molecular formula is C20H22ClF2N3O2S. The molecule has 3 rings (SSSR count). The molecule has 1 aromatic heterocycles. The number of hydrogen-bond donors (Lipinski definition) is 0. The van der Waals surface area contributed by atoms with Crippen LogP contribution in [0.1, 0.15) is 15.9 Å². The quantitative estimate of drug-likeness (QED) is 0.564. The fourth-order valence-electron chi connectivity index (χ4n) is 2.75. The largest absolute Gasteiger partial charge is 0.494 e. The number of hydrogen-bond acceptors (Lipinski definition) is 5. The second-order valence-corrected chi connectivity index (χ2v) is 7.63. The number of halogens is 3. The lowest BCUT2D eigenvalue weighted by Gasteiger charge is -2.22. The summed E-state index contributed by atoms with van der Waals surface area (Å²) in [5, 5.41) is 0.485. The minimum atomic E-state index is -1.06. The number of likely N-dealkylation sites (N-methyl/N-ethyl adjacent to an activating group) is 1. The number of thiazole rings is 1. The molecule has 9 heteroatoms. The molecule has 156 valence electrons. The van der Waals surface area contributed by atoms with Crippen molar-refractivity contribution in [2.75, 3.05) is 39.2 Å². The molecular weight excluding hydrogens is 420 g/mol. The Morgan fingerprint density at radius 2 is 1.86 bits per heavy atom. The third-order valence-electron chi connectivity index (χ3n) is 4.33. The normalized spacial score (nSPS) is 10.9. The summed E-state index contributed by atoms with van der Waals surface area (Å²) in [6.07, 6.45) is 0. The van der Waals surface area contributed by atoms with E-state index >= 15 is 0 Å². The third kappa shape index (κ3) is 4.83. The van der Waals surface area contributed by atoms with E-state index < -0.39 is 17.5 Å². The van der Waals surface area contributed by atoms with E-state index in [0.29, 0.717) is 29.5 Å². The fourth-order valence-corrected chi connectivity index (χ4v) is 3.82. The van der Waals surface area contributed by atoms with E-state index in [-0.39, 0.29) is 18.0 Å². The molecule has 0 aliphatic rings. The number of aromatic nitrogens is 1. The number of rotatable bonds is 6. The lowest BCUT2D eigenvalue weighted by molar-refractivity contribution is 0.0984. The summed E-state index contributed by atoms with van der Waals surface area (Å²) in [6.45, 7) is 2.90. The lowest BCUT2D eigenvalue weighted by Crippen LogP contribution is -2.36. The molecule has 0 N–H and O–H groups in total. The zero-order valence-electron chi connectivity index (χ0n) is 16.5. The van der Waals surface area contributed by atoms with Gasteiger partial charge in [0, 0.05) is 18.7 Å². The van der Waals surface area contributed by atoms with Crippen molar-refractivity contribution in [3.8, 4) is 5.75 Å². The van der Waals surface area contributed by atoms with Gasteiger partial charge in [-0.25, -0.2) is 13.8 Å². The predicted octanol–water partition coefficient (Wildman–Crippen LogP) is 4.52. The van der Waals surface area contributed by atoms with Crippen LogP contribution in [0.15, 0.2) is 30.3 Å². The highest BCUT2D eigenvalue weighted by atomic mass is 35.5. The van der Waals surface area contributed by atoms with E-state index in [9.17, 15) is 13.6 Å². The van der Waals surface area contributed by atoms with Crippen LogP contribution in [0.25, 0.3) is 10.2 Å². The molecule has 0 saturated carbocycles. The van der Waals surface area contributed by atoms with Crippen molar-refractivity contribution in [2.24, 2.45) is 0 Å². The molecule has 3 aromatic rings. The molecule has 0 aliphatic heterocycles. The third-order valence-corrected chi connectivity index (χ3v) is 5.54. The summed E-state index contributed by atoms with van der Waals surface area (Å²) in [7, 11) is 5.36. The predicted molar refractivity (Wildman–Crippen MR) is 115 cm³/mol. The van der Waals surface area contributed by atoms with Crippen LogP contribution in [0.4, 0.5) is 13.9 Å². The van der Waals surface area contributed by atoms with E-state index in [2.05, 4.69) is 4.98 Å². The maximum absolute atomic E-state index is 13.7. The number of carbonyl (C=O) groups is 1. The molecule has 0 radical (unpaired) electrons. The molecule has 0 fully saturated rings. The summed E-state index contributed by atoms with van der Waals surface area (Å²) < 4.78 is 33.2. The topological polar surface area (TPSA) is 45.7 Å². The molecule has 2 aromatic carbocycles. The standard InChI is InChI=1S/C20H21F2N3O2S.ClH/c1-12-5-8-16(27-4)17-18(12)28-20(23-17)25(10-9-24(2)3)19(26)13-6-7-14(21)15(22)11-13;/h5-8,11H,9-10H2,1-4H3;1H. The molecule has 0 unspecified atom stereocenters. The Balaban J connectivity index is 0.00000300. The van der Waals surface area contributed by atoms with Gasteiger partial charge in [-0.2, -0.15) is 0 Å². The van der Waals surface area contributed by atoms with Crippen LogP contribution in [-0.2, 0) is 0 Å². The van der Waals surface area contributed by atoms with Crippen LogP contribution in [0.3, 0.4) is 0 Å². The average Bonchev–Trinajstić information content (AvgIpc) is 3.10. The molecule has 0 atom stereocenters. The maximum atomic E-state index is 13.7. The zero-order chi connectivity index (χ0) is 20.4. The van der Waals surface area contributed by atoms with Gasteiger partial charge in [-0.3, -0.25) is 9.69 Å². The van der Waals surface area contributed by atoms with Crippen molar-refractivity contribution in [3.05, 3.63) is 53.1 Å². The Morgan fingerprint density at radius 1 is 1.14 bits per heavy atom. The number of amides is 1. The van der Waals surface area contributed by atoms with Crippen molar-refractivity contribution in [2.45, 2.75) is 6.92 Å². The number of benzene rings is 2. The first-order valence-electron chi connectivity index (χ1n) is 8.67. The van der Waals surface area contributed by atoms with Gasteiger partial charge in [0.1, 0.15) is 11.3 Å². The van der Waals surface area contributed by atoms with Gasteiger partial charge in [0.2, 0.25) is 0 Å². The van der Waals surface area contributed by atoms with Gasteiger partial charge in [-0.05, 0) is 50.8 Å². The van der Waals surface area contributed by atoms with Gasteiger partial charge in [0.05, 0.1) is 11.8 Å². The van der Waals surface area contributed by atoms with Crippen LogP contribution in [0.5, 0.6) is 5.75 Å². The number of carbonyl (C=O) groups excluding carboxylic acids is 1. The van der Waals surface area contributed by atoms with E-state index in [1.807, 2.05) is 38.1 Å². The molecule has 0 saturated heterocycles. The van der Waals surface area contributed by atoms with E-state index in [0.717, 1.165) is 22.4 Å². The van der Waals surface area contributed by atoms with Crippen molar-refractivity contribution >= 4 is 45.0 Å². The van der Waals surface area contributed by atoms with Crippen molar-refractivity contribution in [1.82, 2.24) is 9.88 Å². The molecule has 1 amide bonds. The van der Waals surface area contributed by atoms with Crippen LogP contribution in [0, 0.1) is 18.6 Å². The molecule has 0 spiro atoms. The second-order valence-electron chi connectivity index (χ2n) is 6.65. The molecule has 0 aliphatic carbocycles. The number of nitrogens with zero attached hydrogens (tertiary/aromatic N) is 3. The average molecular weight is 442 g/mol. The van der Waals surface area contributed by atoms with Gasteiger partial charge >= 0.3 is 0 Å². The smallest absolute Gasteiger partial charge is 0.260 e. The van der Waals surface area contributed by atoms with Crippen LogP contribution in [0.2, 0.25) is 0 Å². The van der Waals surface area contributed by atoms with Gasteiger partial charge in [-0.15, -0.1) is 12.4 Å². The van der Waals surface area contributed by atoms with Gasteiger partial charge in [-0.1, -0.05) is 17.4 Å². The number of fused-ring (bicyclic) bond motifs is 1. The number of methoxy groups -OCH3 is 1. The first-order valence-corrected chi connectivity index (χ1v) is 9.49. The summed E-state index contributed by atoms with van der Waals surface area (Å²) >= 11 is 1.37. The highest BCUT2D eigenvalue weighted by Gasteiger charge is 2.23. The summed E-state index contributed by atoms with van der Waals surface area (Å²) in [5.41, 5.74) is 1.77. The summed E-state index contributed by atoms with van der Waals surface area (Å²) in [4.78, 5) is 21.1. The van der Waals surface area contributed by atoms with Crippen LogP contribution >= 0.6 is 23.7 Å². The Bertz CT molecular complexity index is 1030. The number of ether oxygens (including phenoxy) is 1. The molecule has 1 heterocycles. The lowest BCUT2D eigenvalue weighted by atomic mass is 10.2. The molecule has 29 heavy (non-hydrogen) atoms. The van der Waals surface area contributed by atoms with E-state index in [4.69, 9.17) is 4.74 Å². The minimum absolute atomic E-state index is 0. The van der Waals surface area contributed by atoms with Crippen molar-refractivity contribution in [3.63, 3.8) is 0 Å². The van der Waals surface area contributed by atoms with Crippen LogP contribution in [-0.4, -0.2) is 50.1 Å². The first kappa shape index (κ1) is 23.0. The van der Waals surface area contributed by atoms with Gasteiger partial charge < -0.3 is 9.64 Å². The Hall–Kier alpha value is -2.29.